The van der Waals surface area contributed by atoms with Gasteiger partial charge in [0.05, 0.1) is 6.21 Å². The highest BCUT2D eigenvalue weighted by atomic mass is 19.1. The molecular formula is C3H4FN. The molecule has 0 heterocycles. The van der Waals surface area contributed by atoms with Gasteiger partial charge in [-0.3, -0.25) is 0 Å². The first-order chi connectivity index (χ1) is 2.27. The van der Waals surface area contributed by atoms with Gasteiger partial charge in [0.1, 0.15) is 5.83 Å². The Morgan fingerprint density at radius 3 is 2.20 bits per heavy atom. The molecule has 0 saturated carbocycles. The van der Waals surface area contributed by atoms with E-state index in [4.69, 9.17) is 5.41 Å². The highest BCUT2D eigenvalue weighted by Gasteiger charge is 1.68. The highest BCUT2D eigenvalue weighted by Crippen LogP contribution is 1.77. The minimum atomic E-state index is -0.704. The molecule has 0 aromatic carbocycles. The first-order valence-corrected chi connectivity index (χ1v) is 1.12. The molecule has 0 unspecified atom stereocenters. The maximum Gasteiger partial charge on any atom is 0.133 e. The van der Waals surface area contributed by atoms with Gasteiger partial charge in [-0.05, 0) is 0 Å². The maximum absolute atomic E-state index is 11.0. The van der Waals surface area contributed by atoms with Crippen LogP contribution in [0.3, 0.4) is 0 Å². The van der Waals surface area contributed by atoms with Crippen LogP contribution >= 0.6 is 0 Å². The zero-order chi connectivity index (χ0) is 4.28. The van der Waals surface area contributed by atoms with E-state index < -0.39 is 5.83 Å². The molecule has 0 amide bonds. The summed E-state index contributed by atoms with van der Waals surface area (Å²) in [5.41, 5.74) is 0. The van der Waals surface area contributed by atoms with Crippen molar-refractivity contribution >= 4 is 6.21 Å². The fourth-order valence-corrected chi connectivity index (χ4v) is 0. The Hall–Kier alpha value is -0.660. The molecule has 1 N–H and O–H groups in total. The van der Waals surface area contributed by atoms with Crippen molar-refractivity contribution in [2.75, 3.05) is 0 Å². The second kappa shape index (κ2) is 1.64. The second-order valence-electron chi connectivity index (χ2n) is 0.591. The summed E-state index contributed by atoms with van der Waals surface area (Å²) in [6.07, 6.45) is 0.556. The molecule has 0 saturated heterocycles. The fourth-order valence-electron chi connectivity index (χ4n) is 0. The van der Waals surface area contributed by atoms with Crippen LogP contribution in [0.1, 0.15) is 0 Å². The molecule has 0 atom stereocenters. The van der Waals surface area contributed by atoms with Crippen LogP contribution in [0.25, 0.3) is 0 Å². The number of hydrogen-bond donors (Lipinski definition) is 1. The molecule has 0 radical (unpaired) electrons. The van der Waals surface area contributed by atoms with E-state index in [0.717, 1.165) is 0 Å². The standard InChI is InChI=1S/C3H4FN/c1-3(4)2-5/h2,5H,1H2. The van der Waals surface area contributed by atoms with Crippen molar-refractivity contribution in [1.82, 2.24) is 0 Å². The summed E-state index contributed by atoms with van der Waals surface area (Å²) in [5, 5.41) is 6.06. The van der Waals surface area contributed by atoms with Gasteiger partial charge < -0.3 is 5.41 Å². The van der Waals surface area contributed by atoms with Crippen molar-refractivity contribution in [1.29, 1.82) is 5.41 Å². The van der Waals surface area contributed by atoms with E-state index in [-0.39, 0.29) is 0 Å². The monoisotopic (exact) mass is 73.0 g/mol. The molecule has 0 rings (SSSR count). The van der Waals surface area contributed by atoms with E-state index in [9.17, 15) is 4.39 Å². The summed E-state index contributed by atoms with van der Waals surface area (Å²) in [6.45, 7) is 2.76. The lowest BCUT2D eigenvalue weighted by Crippen LogP contribution is -1.60. The summed E-state index contributed by atoms with van der Waals surface area (Å²) in [5.74, 6) is -0.704. The summed E-state index contributed by atoms with van der Waals surface area (Å²) < 4.78 is 11.0. The van der Waals surface area contributed by atoms with Crippen LogP contribution in [0.15, 0.2) is 12.4 Å². The molecule has 0 aliphatic carbocycles. The van der Waals surface area contributed by atoms with Gasteiger partial charge in [-0.1, -0.05) is 6.58 Å². The molecule has 0 aromatic rings. The van der Waals surface area contributed by atoms with E-state index in [2.05, 4.69) is 6.58 Å². The lowest BCUT2D eigenvalue weighted by Gasteiger charge is -1.64. The average molecular weight is 73.1 g/mol. The van der Waals surface area contributed by atoms with Crippen molar-refractivity contribution in [2.45, 2.75) is 0 Å². The topological polar surface area (TPSA) is 23.9 Å². The third-order valence-electron chi connectivity index (χ3n) is 0.157. The molecule has 0 bridgehead atoms. The Balaban J connectivity index is 3.20. The van der Waals surface area contributed by atoms with E-state index in [1.807, 2.05) is 0 Å². The zero-order valence-corrected chi connectivity index (χ0v) is 2.66. The molecule has 0 aromatic heterocycles. The molecule has 1 nitrogen and oxygen atoms in total. The Bertz CT molecular complexity index is 57.9. The number of hydrogen-bond acceptors (Lipinski definition) is 1. The minimum absolute atomic E-state index is 0.556. The van der Waals surface area contributed by atoms with Crippen LogP contribution in [-0.2, 0) is 0 Å². The molecule has 0 spiro atoms. The van der Waals surface area contributed by atoms with Crippen LogP contribution in [0.5, 0.6) is 0 Å². The van der Waals surface area contributed by atoms with Gasteiger partial charge in [0.25, 0.3) is 0 Å². The van der Waals surface area contributed by atoms with Gasteiger partial charge in [0.15, 0.2) is 0 Å². The van der Waals surface area contributed by atoms with Gasteiger partial charge in [-0.2, -0.15) is 0 Å². The quantitative estimate of drug-likeness (QED) is 0.450. The average Bonchev–Trinajstić information content (AvgIpc) is 1.38. The number of nitrogens with one attached hydrogen (secondary N) is 1. The molecule has 0 aliphatic rings. The van der Waals surface area contributed by atoms with Gasteiger partial charge in [0, 0.05) is 0 Å². The van der Waals surface area contributed by atoms with Gasteiger partial charge in [-0.25, -0.2) is 4.39 Å². The fraction of sp³-hybridized carbons (Fsp3) is 0. The van der Waals surface area contributed by atoms with E-state index in [1.54, 1.807) is 0 Å². The van der Waals surface area contributed by atoms with Crippen molar-refractivity contribution in [3.8, 4) is 0 Å². The normalized spacial score (nSPS) is 6.60. The number of rotatable bonds is 1. The second-order valence-corrected chi connectivity index (χ2v) is 0.591. The number of allylic oxidation sites excluding steroid dienone is 1. The molecular weight excluding hydrogens is 69.0 g/mol. The van der Waals surface area contributed by atoms with Crippen molar-refractivity contribution < 1.29 is 4.39 Å². The first kappa shape index (κ1) is 4.34. The Labute approximate surface area is 29.6 Å². The maximum atomic E-state index is 11.0. The largest absolute Gasteiger partial charge is 0.306 e. The highest BCUT2D eigenvalue weighted by molar-refractivity contribution is 5.71. The Kier molecular flexibility index (Phi) is 1.42. The predicted molar refractivity (Wildman–Crippen MR) is 19.0 cm³/mol. The summed E-state index contributed by atoms with van der Waals surface area (Å²) >= 11 is 0. The van der Waals surface area contributed by atoms with Crippen LogP contribution in [0.4, 0.5) is 4.39 Å². The smallest absolute Gasteiger partial charge is 0.133 e. The van der Waals surface area contributed by atoms with Crippen molar-refractivity contribution in [3.05, 3.63) is 12.4 Å². The number of halogens is 1. The van der Waals surface area contributed by atoms with Gasteiger partial charge in [-0.15, -0.1) is 0 Å². The van der Waals surface area contributed by atoms with Crippen LogP contribution < -0.4 is 0 Å². The molecule has 5 heavy (non-hydrogen) atoms. The molecule has 0 fully saturated rings. The third-order valence-corrected chi connectivity index (χ3v) is 0.157. The van der Waals surface area contributed by atoms with Crippen LogP contribution in [0.2, 0.25) is 0 Å². The zero-order valence-electron chi connectivity index (χ0n) is 2.66. The van der Waals surface area contributed by atoms with Gasteiger partial charge >= 0.3 is 0 Å². The van der Waals surface area contributed by atoms with Crippen LogP contribution in [-0.4, -0.2) is 6.21 Å². The van der Waals surface area contributed by atoms with E-state index in [1.165, 1.54) is 0 Å². The minimum Gasteiger partial charge on any atom is -0.306 e. The lowest BCUT2D eigenvalue weighted by atomic mass is 10.7. The summed E-state index contributed by atoms with van der Waals surface area (Å²) in [6, 6.07) is 0. The van der Waals surface area contributed by atoms with E-state index in [0.29, 0.717) is 6.21 Å². The van der Waals surface area contributed by atoms with Gasteiger partial charge in [0.2, 0.25) is 0 Å². The van der Waals surface area contributed by atoms with E-state index >= 15 is 0 Å². The Morgan fingerprint density at radius 1 is 2.00 bits per heavy atom. The predicted octanol–water partition coefficient (Wildman–Crippen LogP) is 1.12. The SMILES string of the molecule is C=C(F)C=N. The Morgan fingerprint density at radius 2 is 2.20 bits per heavy atom. The van der Waals surface area contributed by atoms with Crippen LogP contribution in [0, 0.1) is 5.41 Å². The first-order valence-electron chi connectivity index (χ1n) is 1.12. The lowest BCUT2D eigenvalue weighted by molar-refractivity contribution is 0.689. The van der Waals surface area contributed by atoms with Crippen molar-refractivity contribution in [3.63, 3.8) is 0 Å². The molecule has 28 valence electrons. The third kappa shape index (κ3) is 3.34. The summed E-state index contributed by atoms with van der Waals surface area (Å²) in [7, 11) is 0. The molecule has 0 aliphatic heterocycles. The van der Waals surface area contributed by atoms with Crippen molar-refractivity contribution in [2.24, 2.45) is 0 Å². The summed E-state index contributed by atoms with van der Waals surface area (Å²) in [4.78, 5) is 0. The molecule has 2 heteroatoms.